The van der Waals surface area contributed by atoms with E-state index in [0.717, 1.165) is 6.54 Å². The van der Waals surface area contributed by atoms with Crippen LogP contribution in [0.15, 0.2) is 0 Å². The molecule has 0 aliphatic heterocycles. The fraction of sp³-hybridized carbons (Fsp3) is 1.00. The second-order valence-electron chi connectivity index (χ2n) is 6.61. The minimum atomic E-state index is 0.218. The van der Waals surface area contributed by atoms with Gasteiger partial charge in [0.05, 0.1) is 0 Å². The summed E-state index contributed by atoms with van der Waals surface area (Å²) in [5, 5.41) is 0. The van der Waals surface area contributed by atoms with E-state index < -0.39 is 0 Å². The molecule has 0 saturated heterocycles. The van der Waals surface area contributed by atoms with Crippen molar-refractivity contribution in [3.63, 3.8) is 0 Å². The minimum absolute atomic E-state index is 0.218. The fourth-order valence-electron chi connectivity index (χ4n) is 3.79. The molecule has 2 N–H and O–H groups in total. The third-order valence-electron chi connectivity index (χ3n) is 4.88. The molecule has 0 amide bonds. The van der Waals surface area contributed by atoms with E-state index >= 15 is 0 Å². The Labute approximate surface area is 108 Å². The Morgan fingerprint density at radius 3 is 2.18 bits per heavy atom. The highest BCUT2D eigenvalue weighted by Crippen LogP contribution is 2.47. The molecule has 2 heteroatoms. The molecule has 1 saturated carbocycles. The van der Waals surface area contributed by atoms with E-state index in [1.54, 1.807) is 0 Å². The molecule has 17 heavy (non-hydrogen) atoms. The highest BCUT2D eigenvalue weighted by Gasteiger charge is 2.49. The van der Waals surface area contributed by atoms with Crippen LogP contribution in [0.4, 0.5) is 0 Å². The van der Waals surface area contributed by atoms with Crippen LogP contribution in [0, 0.1) is 5.41 Å². The quantitative estimate of drug-likeness (QED) is 0.798. The molecule has 0 aromatic rings. The summed E-state index contributed by atoms with van der Waals surface area (Å²) in [6, 6.07) is 0.593. The van der Waals surface area contributed by atoms with Crippen LogP contribution in [0.25, 0.3) is 0 Å². The normalized spacial score (nSPS) is 28.9. The van der Waals surface area contributed by atoms with E-state index in [4.69, 9.17) is 5.73 Å². The monoisotopic (exact) mass is 240 g/mol. The number of rotatable bonds is 5. The third kappa shape index (κ3) is 2.68. The van der Waals surface area contributed by atoms with E-state index in [1.165, 1.54) is 38.6 Å². The van der Waals surface area contributed by atoms with Gasteiger partial charge in [0.15, 0.2) is 0 Å². The lowest BCUT2D eigenvalue weighted by Crippen LogP contribution is -2.65. The number of nitrogens with two attached hydrogens (primary N) is 1. The van der Waals surface area contributed by atoms with Crippen molar-refractivity contribution in [2.24, 2.45) is 11.1 Å². The SMILES string of the molecule is CCCN(C(C)C)C1(CN)CCCCC1(C)C. The highest BCUT2D eigenvalue weighted by molar-refractivity contribution is 5.05. The zero-order valence-corrected chi connectivity index (χ0v) is 12.6. The molecule has 1 unspecified atom stereocenters. The maximum atomic E-state index is 6.24. The third-order valence-corrected chi connectivity index (χ3v) is 4.88. The zero-order valence-electron chi connectivity index (χ0n) is 12.6. The Balaban J connectivity index is 3.05. The largest absolute Gasteiger partial charge is 0.329 e. The molecule has 0 bridgehead atoms. The summed E-state index contributed by atoms with van der Waals surface area (Å²) in [6.45, 7) is 13.7. The van der Waals surface area contributed by atoms with E-state index in [-0.39, 0.29) is 5.54 Å². The summed E-state index contributed by atoms with van der Waals surface area (Å²) >= 11 is 0. The molecule has 0 spiro atoms. The topological polar surface area (TPSA) is 29.3 Å². The fourth-order valence-corrected chi connectivity index (χ4v) is 3.79. The van der Waals surface area contributed by atoms with Crippen LogP contribution in [0.3, 0.4) is 0 Å². The maximum absolute atomic E-state index is 6.24. The average Bonchev–Trinajstić information content (AvgIpc) is 2.26. The Kier molecular flexibility index (Phi) is 5.03. The standard InChI is InChI=1S/C15H32N2/c1-6-11-17(13(2)3)15(12-16)10-8-7-9-14(15,4)5/h13H,6-12,16H2,1-5H3. The molecular weight excluding hydrogens is 208 g/mol. The molecule has 0 aromatic carbocycles. The van der Waals surface area contributed by atoms with Gasteiger partial charge in [-0.25, -0.2) is 0 Å². The smallest absolute Gasteiger partial charge is 0.0385 e. The van der Waals surface area contributed by atoms with Crippen LogP contribution in [0.1, 0.15) is 66.7 Å². The van der Waals surface area contributed by atoms with Crippen LogP contribution < -0.4 is 5.73 Å². The first-order valence-corrected chi connectivity index (χ1v) is 7.38. The first kappa shape index (κ1) is 15.0. The predicted octanol–water partition coefficient (Wildman–Crippen LogP) is 3.40. The summed E-state index contributed by atoms with van der Waals surface area (Å²) in [4.78, 5) is 2.69. The first-order chi connectivity index (χ1) is 7.91. The van der Waals surface area contributed by atoms with Gasteiger partial charge in [-0.3, -0.25) is 4.90 Å². The lowest BCUT2D eigenvalue weighted by Gasteiger charge is -2.57. The molecule has 0 radical (unpaired) electrons. The van der Waals surface area contributed by atoms with Gasteiger partial charge in [-0.2, -0.15) is 0 Å². The van der Waals surface area contributed by atoms with Crippen molar-refractivity contribution in [1.29, 1.82) is 0 Å². The van der Waals surface area contributed by atoms with Crippen LogP contribution in [0.5, 0.6) is 0 Å². The molecule has 1 atom stereocenters. The zero-order chi connectivity index (χ0) is 13.1. The first-order valence-electron chi connectivity index (χ1n) is 7.38. The second kappa shape index (κ2) is 5.71. The van der Waals surface area contributed by atoms with Crippen LogP contribution >= 0.6 is 0 Å². The summed E-state index contributed by atoms with van der Waals surface area (Å²) in [5.41, 5.74) is 6.81. The number of hydrogen-bond donors (Lipinski definition) is 1. The van der Waals surface area contributed by atoms with E-state index in [0.29, 0.717) is 11.5 Å². The Bertz CT molecular complexity index is 235. The molecule has 1 fully saturated rings. The van der Waals surface area contributed by atoms with Crippen molar-refractivity contribution in [2.45, 2.75) is 78.3 Å². The highest BCUT2D eigenvalue weighted by atomic mass is 15.2. The molecule has 2 nitrogen and oxygen atoms in total. The Morgan fingerprint density at radius 2 is 1.76 bits per heavy atom. The molecule has 1 rings (SSSR count). The molecule has 102 valence electrons. The minimum Gasteiger partial charge on any atom is -0.329 e. The van der Waals surface area contributed by atoms with Crippen molar-refractivity contribution in [1.82, 2.24) is 4.90 Å². The van der Waals surface area contributed by atoms with Gasteiger partial charge in [-0.05, 0) is 45.1 Å². The summed E-state index contributed by atoms with van der Waals surface area (Å²) in [6.07, 6.45) is 6.52. The van der Waals surface area contributed by atoms with Gasteiger partial charge in [-0.15, -0.1) is 0 Å². The van der Waals surface area contributed by atoms with Gasteiger partial charge in [0, 0.05) is 18.1 Å². The van der Waals surface area contributed by atoms with Crippen molar-refractivity contribution >= 4 is 0 Å². The Hall–Kier alpha value is -0.0800. The van der Waals surface area contributed by atoms with Crippen LogP contribution in [0.2, 0.25) is 0 Å². The van der Waals surface area contributed by atoms with Gasteiger partial charge < -0.3 is 5.73 Å². The molecule has 1 aliphatic rings. The van der Waals surface area contributed by atoms with Crippen molar-refractivity contribution < 1.29 is 0 Å². The van der Waals surface area contributed by atoms with Crippen LogP contribution in [-0.2, 0) is 0 Å². The van der Waals surface area contributed by atoms with E-state index in [2.05, 4.69) is 39.5 Å². The van der Waals surface area contributed by atoms with Crippen molar-refractivity contribution in [3.05, 3.63) is 0 Å². The van der Waals surface area contributed by atoms with Gasteiger partial charge in [0.2, 0.25) is 0 Å². The molecule has 0 heterocycles. The average molecular weight is 240 g/mol. The number of hydrogen-bond acceptors (Lipinski definition) is 2. The second-order valence-corrected chi connectivity index (χ2v) is 6.61. The van der Waals surface area contributed by atoms with Gasteiger partial charge in [0.25, 0.3) is 0 Å². The van der Waals surface area contributed by atoms with Crippen molar-refractivity contribution in [3.8, 4) is 0 Å². The Morgan fingerprint density at radius 1 is 1.18 bits per heavy atom. The van der Waals surface area contributed by atoms with Gasteiger partial charge in [0.1, 0.15) is 0 Å². The van der Waals surface area contributed by atoms with Crippen molar-refractivity contribution in [2.75, 3.05) is 13.1 Å². The predicted molar refractivity (Wildman–Crippen MR) is 76.2 cm³/mol. The van der Waals surface area contributed by atoms with E-state index in [9.17, 15) is 0 Å². The summed E-state index contributed by atoms with van der Waals surface area (Å²) < 4.78 is 0. The van der Waals surface area contributed by atoms with Gasteiger partial charge >= 0.3 is 0 Å². The van der Waals surface area contributed by atoms with Crippen LogP contribution in [-0.4, -0.2) is 29.6 Å². The number of nitrogens with zero attached hydrogens (tertiary/aromatic N) is 1. The van der Waals surface area contributed by atoms with Gasteiger partial charge in [-0.1, -0.05) is 33.6 Å². The lowest BCUT2D eigenvalue weighted by molar-refractivity contribution is -0.0608. The van der Waals surface area contributed by atoms with E-state index in [1.807, 2.05) is 0 Å². The molecule has 0 aromatic heterocycles. The maximum Gasteiger partial charge on any atom is 0.0385 e. The molecular formula is C15H32N2. The molecule has 1 aliphatic carbocycles. The summed E-state index contributed by atoms with van der Waals surface area (Å²) in [5.74, 6) is 0. The summed E-state index contributed by atoms with van der Waals surface area (Å²) in [7, 11) is 0. The lowest BCUT2D eigenvalue weighted by atomic mass is 9.61.